The molecule has 0 bridgehead atoms. The number of carbonyl (C=O) groups excluding carboxylic acids is 2. The first-order valence-corrected chi connectivity index (χ1v) is 7.40. The van der Waals surface area contributed by atoms with Gasteiger partial charge in [0, 0.05) is 25.6 Å². The van der Waals surface area contributed by atoms with Crippen molar-refractivity contribution in [1.82, 2.24) is 10.2 Å². The van der Waals surface area contributed by atoms with E-state index in [1.54, 1.807) is 11.9 Å². The molecule has 0 aromatic rings. The summed E-state index contributed by atoms with van der Waals surface area (Å²) < 4.78 is 5.34. The fraction of sp³-hybridized carbons (Fsp3) is 0.857. The predicted octanol–water partition coefficient (Wildman–Crippen LogP) is -0.277. The zero-order chi connectivity index (χ0) is 14.7. The van der Waals surface area contributed by atoms with Gasteiger partial charge in [0.05, 0.1) is 13.2 Å². The van der Waals surface area contributed by atoms with Crippen LogP contribution in [0.1, 0.15) is 26.2 Å². The number of hydrogen-bond donors (Lipinski definition) is 2. The van der Waals surface area contributed by atoms with E-state index in [9.17, 15) is 9.59 Å². The standard InChI is InChI=1S/C14H25N3O3/c1-9-7-10(15)3-4-11(9)14(19)17-5-6-20-8-12(17)13(18)16-2/h9-12H,3-8,15H2,1-2H3,(H,16,18). The van der Waals surface area contributed by atoms with E-state index in [2.05, 4.69) is 12.2 Å². The van der Waals surface area contributed by atoms with E-state index in [1.165, 1.54) is 0 Å². The average Bonchev–Trinajstić information content (AvgIpc) is 2.46. The zero-order valence-corrected chi connectivity index (χ0v) is 12.3. The van der Waals surface area contributed by atoms with Crippen LogP contribution in [0.15, 0.2) is 0 Å². The third kappa shape index (κ3) is 3.12. The zero-order valence-electron chi connectivity index (χ0n) is 12.3. The van der Waals surface area contributed by atoms with Gasteiger partial charge in [0.25, 0.3) is 0 Å². The molecule has 1 saturated carbocycles. The van der Waals surface area contributed by atoms with E-state index in [4.69, 9.17) is 10.5 Å². The Hall–Kier alpha value is -1.14. The summed E-state index contributed by atoms with van der Waals surface area (Å²) in [5, 5.41) is 2.61. The molecule has 6 heteroatoms. The summed E-state index contributed by atoms with van der Waals surface area (Å²) in [6.45, 7) is 3.36. The molecule has 3 N–H and O–H groups in total. The summed E-state index contributed by atoms with van der Waals surface area (Å²) in [6.07, 6.45) is 2.58. The van der Waals surface area contributed by atoms with Gasteiger partial charge in [0.15, 0.2) is 0 Å². The minimum Gasteiger partial charge on any atom is -0.377 e. The first kappa shape index (κ1) is 15.3. The Morgan fingerprint density at radius 1 is 1.35 bits per heavy atom. The van der Waals surface area contributed by atoms with E-state index >= 15 is 0 Å². The van der Waals surface area contributed by atoms with Gasteiger partial charge in [-0.3, -0.25) is 9.59 Å². The number of nitrogens with two attached hydrogens (primary N) is 1. The van der Waals surface area contributed by atoms with Crippen LogP contribution in [0, 0.1) is 11.8 Å². The molecule has 20 heavy (non-hydrogen) atoms. The van der Waals surface area contributed by atoms with Crippen LogP contribution in [-0.2, 0) is 14.3 Å². The van der Waals surface area contributed by atoms with E-state index in [0.29, 0.717) is 13.2 Å². The Bertz CT molecular complexity index is 375. The van der Waals surface area contributed by atoms with Crippen LogP contribution < -0.4 is 11.1 Å². The summed E-state index contributed by atoms with van der Waals surface area (Å²) in [5.41, 5.74) is 5.95. The molecule has 0 spiro atoms. The number of nitrogens with zero attached hydrogens (tertiary/aromatic N) is 1. The minimum absolute atomic E-state index is 0.0138. The highest BCUT2D eigenvalue weighted by molar-refractivity contribution is 5.88. The number of ether oxygens (including phenoxy) is 1. The first-order valence-electron chi connectivity index (χ1n) is 7.40. The van der Waals surface area contributed by atoms with Crippen molar-refractivity contribution in [3.8, 4) is 0 Å². The monoisotopic (exact) mass is 283 g/mol. The third-order valence-electron chi connectivity index (χ3n) is 4.49. The number of hydrogen-bond acceptors (Lipinski definition) is 4. The molecule has 4 unspecified atom stereocenters. The quantitative estimate of drug-likeness (QED) is 0.730. The van der Waals surface area contributed by atoms with Crippen LogP contribution in [0.5, 0.6) is 0 Å². The number of carbonyl (C=O) groups is 2. The fourth-order valence-corrected chi connectivity index (χ4v) is 3.27. The SMILES string of the molecule is CNC(=O)C1COCCN1C(=O)C1CCC(N)CC1C. The maximum Gasteiger partial charge on any atom is 0.244 e. The van der Waals surface area contributed by atoms with Gasteiger partial charge in [-0.05, 0) is 25.2 Å². The van der Waals surface area contributed by atoms with Gasteiger partial charge >= 0.3 is 0 Å². The summed E-state index contributed by atoms with van der Waals surface area (Å²) in [5.74, 6) is 0.194. The van der Waals surface area contributed by atoms with E-state index < -0.39 is 6.04 Å². The maximum absolute atomic E-state index is 12.8. The van der Waals surface area contributed by atoms with Crippen molar-refractivity contribution < 1.29 is 14.3 Å². The lowest BCUT2D eigenvalue weighted by Crippen LogP contribution is -2.57. The molecule has 1 heterocycles. The second-order valence-electron chi connectivity index (χ2n) is 5.89. The van der Waals surface area contributed by atoms with Gasteiger partial charge in [0.2, 0.25) is 11.8 Å². The Kier molecular flexibility index (Phi) is 4.99. The van der Waals surface area contributed by atoms with Crippen molar-refractivity contribution in [2.75, 3.05) is 26.8 Å². The molecule has 4 atom stereocenters. The smallest absolute Gasteiger partial charge is 0.244 e. The molecule has 0 aromatic heterocycles. The number of likely N-dealkylation sites (N-methyl/N-ethyl adjacent to an activating group) is 1. The number of amides is 2. The van der Waals surface area contributed by atoms with Gasteiger partial charge in [-0.2, -0.15) is 0 Å². The summed E-state index contributed by atoms with van der Waals surface area (Å²) >= 11 is 0. The molecule has 1 aliphatic heterocycles. The molecule has 114 valence electrons. The van der Waals surface area contributed by atoms with Crippen molar-refractivity contribution in [1.29, 1.82) is 0 Å². The molecule has 1 saturated heterocycles. The maximum atomic E-state index is 12.8. The second-order valence-corrected chi connectivity index (χ2v) is 5.89. The molecule has 2 amide bonds. The van der Waals surface area contributed by atoms with Crippen molar-refractivity contribution in [2.24, 2.45) is 17.6 Å². The van der Waals surface area contributed by atoms with Crippen molar-refractivity contribution in [3.05, 3.63) is 0 Å². The molecule has 2 aliphatic rings. The summed E-state index contributed by atoms with van der Waals surface area (Å²) in [6, 6.07) is -0.294. The molecule has 2 rings (SSSR count). The second kappa shape index (κ2) is 6.54. The molecular weight excluding hydrogens is 258 g/mol. The van der Waals surface area contributed by atoms with Crippen LogP contribution in [0.3, 0.4) is 0 Å². The van der Waals surface area contributed by atoms with Gasteiger partial charge in [-0.1, -0.05) is 6.92 Å². The van der Waals surface area contributed by atoms with Gasteiger partial charge in [0.1, 0.15) is 6.04 Å². The highest BCUT2D eigenvalue weighted by atomic mass is 16.5. The van der Waals surface area contributed by atoms with E-state index in [-0.39, 0.29) is 36.3 Å². The van der Waals surface area contributed by atoms with Crippen LogP contribution in [0.25, 0.3) is 0 Å². The lowest BCUT2D eigenvalue weighted by molar-refractivity contribution is -0.153. The van der Waals surface area contributed by atoms with Gasteiger partial charge in [-0.15, -0.1) is 0 Å². The summed E-state index contributed by atoms with van der Waals surface area (Å²) in [7, 11) is 1.59. The summed E-state index contributed by atoms with van der Waals surface area (Å²) in [4.78, 5) is 26.3. The highest BCUT2D eigenvalue weighted by Crippen LogP contribution is 2.31. The average molecular weight is 283 g/mol. The molecule has 0 aromatic carbocycles. The Morgan fingerprint density at radius 3 is 2.75 bits per heavy atom. The topological polar surface area (TPSA) is 84.7 Å². The van der Waals surface area contributed by atoms with E-state index in [0.717, 1.165) is 19.3 Å². The molecule has 1 aliphatic carbocycles. The lowest BCUT2D eigenvalue weighted by Gasteiger charge is -2.40. The fourth-order valence-electron chi connectivity index (χ4n) is 3.27. The van der Waals surface area contributed by atoms with Crippen LogP contribution >= 0.6 is 0 Å². The number of nitrogens with one attached hydrogen (secondary N) is 1. The van der Waals surface area contributed by atoms with Gasteiger partial charge < -0.3 is 20.7 Å². The predicted molar refractivity (Wildman–Crippen MR) is 74.9 cm³/mol. The molecule has 0 radical (unpaired) electrons. The Balaban J connectivity index is 2.07. The third-order valence-corrected chi connectivity index (χ3v) is 4.49. The van der Waals surface area contributed by atoms with Crippen LogP contribution in [0.4, 0.5) is 0 Å². The van der Waals surface area contributed by atoms with Crippen LogP contribution in [0.2, 0.25) is 0 Å². The van der Waals surface area contributed by atoms with Crippen molar-refractivity contribution in [3.63, 3.8) is 0 Å². The molecular formula is C14H25N3O3. The highest BCUT2D eigenvalue weighted by Gasteiger charge is 2.39. The Morgan fingerprint density at radius 2 is 2.10 bits per heavy atom. The largest absolute Gasteiger partial charge is 0.377 e. The Labute approximate surface area is 120 Å². The van der Waals surface area contributed by atoms with Crippen molar-refractivity contribution in [2.45, 2.75) is 38.3 Å². The molecule has 6 nitrogen and oxygen atoms in total. The molecule has 2 fully saturated rings. The van der Waals surface area contributed by atoms with Gasteiger partial charge in [-0.25, -0.2) is 0 Å². The number of rotatable bonds is 2. The first-order chi connectivity index (χ1) is 9.54. The van der Waals surface area contributed by atoms with Crippen LogP contribution in [-0.4, -0.2) is 55.6 Å². The lowest BCUT2D eigenvalue weighted by atomic mass is 9.77. The normalized spacial score (nSPS) is 34.6. The van der Waals surface area contributed by atoms with Crippen molar-refractivity contribution >= 4 is 11.8 Å². The minimum atomic E-state index is -0.496. The number of morpholine rings is 1. The van der Waals surface area contributed by atoms with E-state index in [1.807, 2.05) is 0 Å².